The smallest absolute Gasteiger partial charge is 0.0447 e. The van der Waals surface area contributed by atoms with E-state index in [1.807, 2.05) is 6.92 Å². The van der Waals surface area contributed by atoms with Crippen LogP contribution in [0.25, 0.3) is 0 Å². The molecule has 0 aliphatic carbocycles. The summed E-state index contributed by atoms with van der Waals surface area (Å²) in [7, 11) is 0. The normalized spacial score (nSPS) is 12.4. The average molecular weight is 224 g/mol. The Labute approximate surface area is 96.1 Å². The molecule has 0 saturated heterocycles. The predicted octanol–water partition coefficient (Wildman–Crippen LogP) is 3.95. The van der Waals surface area contributed by atoms with E-state index >= 15 is 0 Å². The lowest BCUT2D eigenvalue weighted by atomic mass is 10.0. The van der Waals surface area contributed by atoms with Crippen molar-refractivity contribution >= 4 is 28.2 Å². The van der Waals surface area contributed by atoms with Crippen LogP contribution >= 0.6 is 24.0 Å². The van der Waals surface area contributed by atoms with E-state index in [1.54, 1.807) is 11.8 Å². The van der Waals surface area contributed by atoms with E-state index in [4.69, 9.17) is 12.2 Å². The molecule has 1 aromatic carbocycles. The van der Waals surface area contributed by atoms with Gasteiger partial charge in [0, 0.05) is 9.95 Å². The Hall–Kier alpha value is -0.340. The van der Waals surface area contributed by atoms with Gasteiger partial charge in [0.05, 0.1) is 0 Å². The maximum Gasteiger partial charge on any atom is 0.0447 e. The zero-order chi connectivity index (χ0) is 10.4. The summed E-state index contributed by atoms with van der Waals surface area (Å²) < 4.78 is 1.05. The highest BCUT2D eigenvalue weighted by Gasteiger charge is 2.03. The highest BCUT2D eigenvalue weighted by Crippen LogP contribution is 2.15. The van der Waals surface area contributed by atoms with Gasteiger partial charge < -0.3 is 0 Å². The number of thiocarbonyl (C=S) groups is 1. The molecule has 0 nitrogen and oxygen atoms in total. The molecule has 0 spiro atoms. The molecule has 0 amide bonds. The van der Waals surface area contributed by atoms with Crippen LogP contribution in [0.3, 0.4) is 0 Å². The monoisotopic (exact) mass is 224 g/mol. The summed E-state index contributed by atoms with van der Waals surface area (Å²) in [5.74, 6) is 1.82. The molecule has 1 rings (SSSR count). The SMILES string of the molecule is CC(=S)SCC(C)Cc1ccccc1. The lowest BCUT2D eigenvalue weighted by molar-refractivity contribution is 0.660. The van der Waals surface area contributed by atoms with E-state index in [2.05, 4.69) is 37.3 Å². The molecule has 76 valence electrons. The summed E-state index contributed by atoms with van der Waals surface area (Å²) in [5.41, 5.74) is 1.42. The zero-order valence-electron chi connectivity index (χ0n) is 8.69. The van der Waals surface area contributed by atoms with Gasteiger partial charge in [-0.05, 0) is 24.8 Å². The number of rotatable bonds is 4. The summed E-state index contributed by atoms with van der Waals surface area (Å²) in [6.07, 6.45) is 1.15. The number of thioether (sulfide) groups is 1. The molecule has 0 bridgehead atoms. The summed E-state index contributed by atoms with van der Waals surface area (Å²) in [6.45, 7) is 4.27. The second-order valence-electron chi connectivity index (χ2n) is 3.60. The predicted molar refractivity (Wildman–Crippen MR) is 70.0 cm³/mol. The second kappa shape index (κ2) is 6.20. The standard InChI is InChI=1S/C12H16S2/c1-10(9-14-11(2)13)8-12-6-4-3-5-7-12/h3-7,10H,8-9H2,1-2H3. The van der Waals surface area contributed by atoms with Crippen LogP contribution < -0.4 is 0 Å². The Morgan fingerprint density at radius 2 is 2.00 bits per heavy atom. The summed E-state index contributed by atoms with van der Waals surface area (Å²) in [4.78, 5) is 0. The van der Waals surface area contributed by atoms with Gasteiger partial charge in [-0.25, -0.2) is 0 Å². The molecule has 1 atom stereocenters. The van der Waals surface area contributed by atoms with Crippen molar-refractivity contribution in [3.05, 3.63) is 35.9 Å². The van der Waals surface area contributed by atoms with Gasteiger partial charge in [0.2, 0.25) is 0 Å². The molecule has 0 fully saturated rings. The molecule has 0 N–H and O–H groups in total. The quantitative estimate of drug-likeness (QED) is 0.710. The molecule has 0 saturated carbocycles. The van der Waals surface area contributed by atoms with E-state index in [9.17, 15) is 0 Å². The van der Waals surface area contributed by atoms with Gasteiger partial charge in [-0.1, -0.05) is 49.5 Å². The highest BCUT2D eigenvalue weighted by atomic mass is 32.2. The van der Waals surface area contributed by atoms with Crippen molar-refractivity contribution in [2.75, 3.05) is 5.75 Å². The van der Waals surface area contributed by atoms with E-state index < -0.39 is 0 Å². The zero-order valence-corrected chi connectivity index (χ0v) is 10.3. The third-order valence-corrected chi connectivity index (χ3v) is 3.49. The third-order valence-electron chi connectivity index (χ3n) is 2.00. The molecule has 1 unspecified atom stereocenters. The molecule has 0 aliphatic rings. The lowest BCUT2D eigenvalue weighted by Gasteiger charge is -2.10. The highest BCUT2D eigenvalue weighted by molar-refractivity contribution is 8.23. The first-order valence-electron chi connectivity index (χ1n) is 4.86. The van der Waals surface area contributed by atoms with Crippen molar-refractivity contribution in [1.29, 1.82) is 0 Å². The molecular weight excluding hydrogens is 208 g/mol. The summed E-state index contributed by atoms with van der Waals surface area (Å²) in [5, 5.41) is 0. The number of hydrogen-bond acceptors (Lipinski definition) is 2. The van der Waals surface area contributed by atoms with Crippen LogP contribution in [0.5, 0.6) is 0 Å². The van der Waals surface area contributed by atoms with Gasteiger partial charge in [-0.15, -0.1) is 11.8 Å². The fourth-order valence-corrected chi connectivity index (χ4v) is 2.18. The van der Waals surface area contributed by atoms with E-state index in [0.29, 0.717) is 5.92 Å². The molecule has 1 aromatic rings. The first-order chi connectivity index (χ1) is 6.68. The van der Waals surface area contributed by atoms with E-state index in [1.165, 1.54) is 5.56 Å². The topological polar surface area (TPSA) is 0 Å². The Morgan fingerprint density at radius 1 is 1.36 bits per heavy atom. The maximum absolute atomic E-state index is 5.04. The van der Waals surface area contributed by atoms with Crippen LogP contribution in [0.2, 0.25) is 0 Å². The van der Waals surface area contributed by atoms with Crippen LogP contribution in [0.15, 0.2) is 30.3 Å². The van der Waals surface area contributed by atoms with Crippen molar-refractivity contribution in [2.24, 2.45) is 5.92 Å². The van der Waals surface area contributed by atoms with Crippen LogP contribution in [0.4, 0.5) is 0 Å². The van der Waals surface area contributed by atoms with Gasteiger partial charge in [0.25, 0.3) is 0 Å². The average Bonchev–Trinajstić information content (AvgIpc) is 2.16. The van der Waals surface area contributed by atoms with E-state index in [0.717, 1.165) is 16.4 Å². The molecule has 0 radical (unpaired) electrons. The molecule has 0 heterocycles. The first-order valence-corrected chi connectivity index (χ1v) is 6.25. The van der Waals surface area contributed by atoms with Crippen molar-refractivity contribution < 1.29 is 0 Å². The largest absolute Gasteiger partial charge is 0.119 e. The molecule has 14 heavy (non-hydrogen) atoms. The van der Waals surface area contributed by atoms with Crippen molar-refractivity contribution in [1.82, 2.24) is 0 Å². The van der Waals surface area contributed by atoms with Gasteiger partial charge in [0.15, 0.2) is 0 Å². The molecular formula is C12H16S2. The molecule has 0 aliphatic heterocycles. The third kappa shape index (κ3) is 4.77. The maximum atomic E-state index is 5.04. The Kier molecular flexibility index (Phi) is 5.20. The van der Waals surface area contributed by atoms with Gasteiger partial charge in [0.1, 0.15) is 0 Å². The van der Waals surface area contributed by atoms with Crippen LogP contribution in [0.1, 0.15) is 19.4 Å². The lowest BCUT2D eigenvalue weighted by Crippen LogP contribution is -2.03. The van der Waals surface area contributed by atoms with E-state index in [-0.39, 0.29) is 0 Å². The Bertz CT molecular complexity index is 280. The second-order valence-corrected chi connectivity index (χ2v) is 5.70. The molecule has 0 aromatic heterocycles. The van der Waals surface area contributed by atoms with Crippen molar-refractivity contribution in [3.8, 4) is 0 Å². The van der Waals surface area contributed by atoms with Gasteiger partial charge in [-0.3, -0.25) is 0 Å². The Balaban J connectivity index is 2.34. The van der Waals surface area contributed by atoms with Crippen LogP contribution in [-0.2, 0) is 6.42 Å². The van der Waals surface area contributed by atoms with Gasteiger partial charge in [-0.2, -0.15) is 0 Å². The Morgan fingerprint density at radius 3 is 2.57 bits per heavy atom. The minimum absolute atomic E-state index is 0.695. The van der Waals surface area contributed by atoms with Crippen molar-refractivity contribution in [2.45, 2.75) is 20.3 Å². The first kappa shape index (κ1) is 11.7. The van der Waals surface area contributed by atoms with Gasteiger partial charge >= 0.3 is 0 Å². The summed E-state index contributed by atoms with van der Waals surface area (Å²) in [6, 6.07) is 10.6. The fraction of sp³-hybridized carbons (Fsp3) is 0.417. The minimum atomic E-state index is 0.695. The van der Waals surface area contributed by atoms with Crippen LogP contribution in [-0.4, -0.2) is 9.95 Å². The number of benzene rings is 1. The van der Waals surface area contributed by atoms with Crippen molar-refractivity contribution in [3.63, 3.8) is 0 Å². The minimum Gasteiger partial charge on any atom is -0.119 e. The van der Waals surface area contributed by atoms with Crippen LogP contribution in [0, 0.1) is 5.92 Å². The summed E-state index contributed by atoms with van der Waals surface area (Å²) >= 11 is 6.83. The fourth-order valence-electron chi connectivity index (χ4n) is 1.34. The molecule has 2 heteroatoms. The number of hydrogen-bond donors (Lipinski definition) is 0.